The first-order chi connectivity index (χ1) is 10.7. The standard InChI is InChI=1S/C19H23NO2/c1-4-17(15-7-5-13(2)6-8-15)20-14(3)16-9-10-18-19(11-16)22-12-21-18/h5-11,14,17,20H,4,12H2,1-3H3. The van der Waals surface area contributed by atoms with Crippen molar-refractivity contribution in [3.8, 4) is 11.5 Å². The molecule has 2 unspecified atom stereocenters. The molecular weight excluding hydrogens is 274 g/mol. The summed E-state index contributed by atoms with van der Waals surface area (Å²) >= 11 is 0. The molecule has 0 spiro atoms. The molecule has 0 saturated heterocycles. The van der Waals surface area contributed by atoms with Gasteiger partial charge in [0.25, 0.3) is 0 Å². The summed E-state index contributed by atoms with van der Waals surface area (Å²) in [5.41, 5.74) is 3.85. The van der Waals surface area contributed by atoms with Crippen molar-refractivity contribution in [2.75, 3.05) is 6.79 Å². The van der Waals surface area contributed by atoms with Gasteiger partial charge in [0.1, 0.15) is 0 Å². The predicted molar refractivity (Wildman–Crippen MR) is 88.3 cm³/mol. The predicted octanol–water partition coefficient (Wildman–Crippen LogP) is 4.53. The Hall–Kier alpha value is -2.00. The summed E-state index contributed by atoms with van der Waals surface area (Å²) in [5.74, 6) is 1.68. The highest BCUT2D eigenvalue weighted by Crippen LogP contribution is 2.34. The molecule has 0 radical (unpaired) electrons. The molecule has 1 heterocycles. The number of ether oxygens (including phenoxy) is 2. The van der Waals surface area contributed by atoms with E-state index in [1.165, 1.54) is 16.7 Å². The van der Waals surface area contributed by atoms with Gasteiger partial charge in [-0.2, -0.15) is 0 Å². The van der Waals surface area contributed by atoms with E-state index in [9.17, 15) is 0 Å². The summed E-state index contributed by atoms with van der Waals surface area (Å²) in [6, 6.07) is 15.5. The van der Waals surface area contributed by atoms with Crippen LogP contribution in [0.15, 0.2) is 42.5 Å². The van der Waals surface area contributed by atoms with Crippen molar-refractivity contribution >= 4 is 0 Å². The lowest BCUT2D eigenvalue weighted by Gasteiger charge is -2.23. The summed E-state index contributed by atoms with van der Waals surface area (Å²) in [7, 11) is 0. The summed E-state index contributed by atoms with van der Waals surface area (Å²) in [6.07, 6.45) is 1.05. The van der Waals surface area contributed by atoms with Crippen LogP contribution in [0.3, 0.4) is 0 Å². The van der Waals surface area contributed by atoms with E-state index in [0.717, 1.165) is 17.9 Å². The maximum absolute atomic E-state index is 5.47. The molecule has 22 heavy (non-hydrogen) atoms. The van der Waals surface area contributed by atoms with Crippen LogP contribution in [-0.4, -0.2) is 6.79 Å². The lowest BCUT2D eigenvalue weighted by molar-refractivity contribution is 0.174. The molecular formula is C19H23NO2. The van der Waals surface area contributed by atoms with E-state index >= 15 is 0 Å². The quantitative estimate of drug-likeness (QED) is 0.879. The Balaban J connectivity index is 1.74. The molecule has 0 aliphatic carbocycles. The van der Waals surface area contributed by atoms with Gasteiger partial charge in [-0.25, -0.2) is 0 Å². The van der Waals surface area contributed by atoms with Crippen LogP contribution in [0.4, 0.5) is 0 Å². The number of hydrogen-bond acceptors (Lipinski definition) is 3. The van der Waals surface area contributed by atoms with Crippen LogP contribution >= 0.6 is 0 Å². The van der Waals surface area contributed by atoms with E-state index in [-0.39, 0.29) is 6.04 Å². The molecule has 0 aromatic heterocycles. The van der Waals surface area contributed by atoms with Crippen LogP contribution in [-0.2, 0) is 0 Å². The van der Waals surface area contributed by atoms with Gasteiger partial charge in [-0.05, 0) is 43.5 Å². The van der Waals surface area contributed by atoms with Gasteiger partial charge in [0.05, 0.1) is 0 Å². The molecule has 0 saturated carbocycles. The number of hydrogen-bond donors (Lipinski definition) is 1. The number of rotatable bonds is 5. The second kappa shape index (κ2) is 6.41. The summed E-state index contributed by atoms with van der Waals surface area (Å²) in [5, 5.41) is 3.71. The molecule has 2 atom stereocenters. The zero-order valence-corrected chi connectivity index (χ0v) is 13.4. The fourth-order valence-electron chi connectivity index (χ4n) is 2.83. The smallest absolute Gasteiger partial charge is 0.231 e. The molecule has 2 aromatic rings. The molecule has 0 amide bonds. The molecule has 3 rings (SSSR count). The lowest BCUT2D eigenvalue weighted by atomic mass is 10.00. The zero-order valence-electron chi connectivity index (χ0n) is 13.4. The van der Waals surface area contributed by atoms with Crippen LogP contribution in [0.2, 0.25) is 0 Å². The molecule has 1 N–H and O–H groups in total. The van der Waals surface area contributed by atoms with Crippen molar-refractivity contribution in [1.82, 2.24) is 5.32 Å². The minimum Gasteiger partial charge on any atom is -0.454 e. The maximum Gasteiger partial charge on any atom is 0.231 e. The first-order valence-corrected chi connectivity index (χ1v) is 7.89. The Morgan fingerprint density at radius 1 is 1.00 bits per heavy atom. The van der Waals surface area contributed by atoms with Crippen molar-refractivity contribution < 1.29 is 9.47 Å². The molecule has 0 fully saturated rings. The van der Waals surface area contributed by atoms with Gasteiger partial charge in [-0.3, -0.25) is 0 Å². The number of aryl methyl sites for hydroxylation is 1. The van der Waals surface area contributed by atoms with Crippen molar-refractivity contribution in [2.45, 2.75) is 39.3 Å². The van der Waals surface area contributed by atoms with Crippen LogP contribution in [0, 0.1) is 6.92 Å². The topological polar surface area (TPSA) is 30.5 Å². The average Bonchev–Trinajstić information content (AvgIpc) is 3.01. The van der Waals surface area contributed by atoms with Crippen molar-refractivity contribution in [3.05, 3.63) is 59.2 Å². The Morgan fingerprint density at radius 3 is 2.41 bits per heavy atom. The number of benzene rings is 2. The Morgan fingerprint density at radius 2 is 1.68 bits per heavy atom. The van der Waals surface area contributed by atoms with Crippen LogP contribution in [0.1, 0.15) is 49.0 Å². The van der Waals surface area contributed by atoms with Gasteiger partial charge >= 0.3 is 0 Å². The molecule has 3 heteroatoms. The van der Waals surface area contributed by atoms with Gasteiger partial charge in [0, 0.05) is 12.1 Å². The van der Waals surface area contributed by atoms with Gasteiger partial charge in [-0.1, -0.05) is 42.8 Å². The largest absolute Gasteiger partial charge is 0.454 e. The van der Waals surface area contributed by atoms with E-state index < -0.39 is 0 Å². The molecule has 3 nitrogen and oxygen atoms in total. The Kier molecular flexibility index (Phi) is 4.34. The van der Waals surface area contributed by atoms with E-state index in [4.69, 9.17) is 9.47 Å². The minimum atomic E-state index is 0.251. The zero-order chi connectivity index (χ0) is 15.5. The summed E-state index contributed by atoms with van der Waals surface area (Å²) in [4.78, 5) is 0. The second-order valence-corrected chi connectivity index (χ2v) is 5.87. The highest BCUT2D eigenvalue weighted by Gasteiger charge is 2.18. The first kappa shape index (κ1) is 14.9. The second-order valence-electron chi connectivity index (χ2n) is 5.87. The monoisotopic (exact) mass is 297 g/mol. The summed E-state index contributed by atoms with van der Waals surface area (Å²) in [6.45, 7) is 6.84. The van der Waals surface area contributed by atoms with Gasteiger partial charge in [0.2, 0.25) is 6.79 Å². The minimum absolute atomic E-state index is 0.251. The van der Waals surface area contributed by atoms with Gasteiger partial charge in [-0.15, -0.1) is 0 Å². The Bertz CT molecular complexity index is 636. The fourth-order valence-corrected chi connectivity index (χ4v) is 2.83. The third-order valence-corrected chi connectivity index (χ3v) is 4.24. The SMILES string of the molecule is CCC(NC(C)c1ccc2c(c1)OCO2)c1ccc(C)cc1. The molecule has 2 aromatic carbocycles. The molecule has 1 aliphatic rings. The normalized spacial score (nSPS) is 15.6. The first-order valence-electron chi connectivity index (χ1n) is 7.89. The maximum atomic E-state index is 5.47. The van der Waals surface area contributed by atoms with E-state index in [1.807, 2.05) is 6.07 Å². The average molecular weight is 297 g/mol. The number of nitrogens with one attached hydrogen (secondary N) is 1. The van der Waals surface area contributed by atoms with Crippen LogP contribution in [0.5, 0.6) is 11.5 Å². The van der Waals surface area contributed by atoms with Crippen LogP contribution < -0.4 is 14.8 Å². The fraction of sp³-hybridized carbons (Fsp3) is 0.368. The van der Waals surface area contributed by atoms with E-state index in [2.05, 4.69) is 62.5 Å². The van der Waals surface area contributed by atoms with E-state index in [1.54, 1.807) is 0 Å². The van der Waals surface area contributed by atoms with E-state index in [0.29, 0.717) is 12.8 Å². The van der Waals surface area contributed by atoms with Crippen molar-refractivity contribution in [2.24, 2.45) is 0 Å². The summed E-state index contributed by atoms with van der Waals surface area (Å²) < 4.78 is 10.8. The third kappa shape index (κ3) is 3.09. The number of fused-ring (bicyclic) bond motifs is 1. The lowest BCUT2D eigenvalue weighted by Crippen LogP contribution is -2.24. The molecule has 0 bridgehead atoms. The van der Waals surface area contributed by atoms with Gasteiger partial charge < -0.3 is 14.8 Å². The molecule has 116 valence electrons. The van der Waals surface area contributed by atoms with Crippen molar-refractivity contribution in [1.29, 1.82) is 0 Å². The van der Waals surface area contributed by atoms with Gasteiger partial charge in [0.15, 0.2) is 11.5 Å². The molecule has 1 aliphatic heterocycles. The highest BCUT2D eigenvalue weighted by molar-refractivity contribution is 5.45. The van der Waals surface area contributed by atoms with Crippen LogP contribution in [0.25, 0.3) is 0 Å². The van der Waals surface area contributed by atoms with Crippen molar-refractivity contribution in [3.63, 3.8) is 0 Å². The third-order valence-electron chi connectivity index (χ3n) is 4.24. The highest BCUT2D eigenvalue weighted by atomic mass is 16.7. The Labute approximate surface area is 132 Å².